The van der Waals surface area contributed by atoms with Crippen LogP contribution >= 0.6 is 0 Å². The lowest BCUT2D eigenvalue weighted by molar-refractivity contribution is -0.143. The van der Waals surface area contributed by atoms with Crippen LogP contribution < -0.4 is 5.32 Å². The number of para-hydroxylation sites is 2. The lowest BCUT2D eigenvalue weighted by Gasteiger charge is -2.47. The van der Waals surface area contributed by atoms with Crippen LogP contribution in [0, 0.1) is 12.7 Å². The Labute approximate surface area is 261 Å². The summed E-state index contributed by atoms with van der Waals surface area (Å²) in [6.45, 7) is 9.74. The predicted octanol–water partition coefficient (Wildman–Crippen LogP) is 6.30. The molecule has 3 aliphatic rings. The number of carbonyl (C=O) groups excluding carboxylic acids is 2. The molecule has 1 N–H and O–H groups in total. The number of likely N-dealkylation sites (tertiary alicyclic amines) is 1. The molecular weight excluding hydrogens is 553 g/mol. The Morgan fingerprint density at radius 2 is 1.68 bits per heavy atom. The van der Waals surface area contributed by atoms with Gasteiger partial charge in [-0.2, -0.15) is 0 Å². The highest BCUT2D eigenvalue weighted by atomic mass is 19.1. The molecule has 0 spiro atoms. The third-order valence-corrected chi connectivity index (χ3v) is 11.3. The molecule has 1 aromatic heterocycles. The number of nitrogens with one attached hydrogen (secondary N) is 1. The van der Waals surface area contributed by atoms with Crippen LogP contribution in [0.2, 0.25) is 0 Å². The number of rotatable bonds is 9. The van der Waals surface area contributed by atoms with Crippen LogP contribution in [0.1, 0.15) is 96.0 Å². The van der Waals surface area contributed by atoms with Gasteiger partial charge in [0.05, 0.1) is 11.0 Å². The Bertz CT molecular complexity index is 1490. The minimum absolute atomic E-state index is 0.00739. The Kier molecular flexibility index (Phi) is 8.57. The quantitative estimate of drug-likeness (QED) is 0.313. The summed E-state index contributed by atoms with van der Waals surface area (Å²) in [5, 5.41) is 2.97. The monoisotopic (exact) mass is 601 g/mol. The van der Waals surface area contributed by atoms with Crippen LogP contribution in [0.15, 0.2) is 48.5 Å². The summed E-state index contributed by atoms with van der Waals surface area (Å²) in [6, 6.07) is 17.2. The van der Waals surface area contributed by atoms with Crippen molar-refractivity contribution in [1.29, 1.82) is 0 Å². The second-order valence-corrected chi connectivity index (χ2v) is 13.6. The highest BCUT2D eigenvalue weighted by Gasteiger charge is 2.46. The minimum Gasteiger partial charge on any atom is -0.342 e. The largest absolute Gasteiger partial charge is 0.342 e. The zero-order chi connectivity index (χ0) is 31.1. The first kappa shape index (κ1) is 30.8. The molecule has 4 heterocycles. The van der Waals surface area contributed by atoms with E-state index >= 15 is 0 Å². The molecular formula is C36H48FN5O2. The normalized spacial score (nSPS) is 23.7. The van der Waals surface area contributed by atoms with Gasteiger partial charge < -0.3 is 14.8 Å². The summed E-state index contributed by atoms with van der Waals surface area (Å²) in [6.07, 6.45) is 8.35. The summed E-state index contributed by atoms with van der Waals surface area (Å²) in [7, 11) is 0. The van der Waals surface area contributed by atoms with Gasteiger partial charge in [0.15, 0.2) is 0 Å². The average molecular weight is 602 g/mol. The fourth-order valence-corrected chi connectivity index (χ4v) is 8.85. The number of hydrogen-bond acceptors (Lipinski definition) is 4. The molecule has 7 nitrogen and oxygen atoms in total. The van der Waals surface area contributed by atoms with Gasteiger partial charge in [0, 0.05) is 38.1 Å². The smallest absolute Gasteiger partial charge is 0.248 e. The standard InChI is InChI=1S/C36H48FN5O2/c1-5-36(6-2,39-26(4)43)34(44)40-19-16-35(17-20-40,27-10-9-11-28(37)22-27)18-21-41-29-14-15-30(41)24-31(23-29)42-25(3)38-32-12-7-8-13-33(32)42/h7-13,22,29-31H,5-6,14-21,23-24H2,1-4H3,(H,39,43)/t29-,30+,31+. The number of carbonyl (C=O) groups is 2. The lowest BCUT2D eigenvalue weighted by Crippen LogP contribution is -2.60. The van der Waals surface area contributed by atoms with Crippen LogP contribution in [0.25, 0.3) is 11.0 Å². The second-order valence-electron chi connectivity index (χ2n) is 13.6. The van der Waals surface area contributed by atoms with Crippen molar-refractivity contribution in [2.24, 2.45) is 0 Å². The molecule has 2 aromatic carbocycles. The van der Waals surface area contributed by atoms with Gasteiger partial charge in [0.1, 0.15) is 17.2 Å². The number of imidazole rings is 1. The maximum absolute atomic E-state index is 14.6. The van der Waals surface area contributed by atoms with Crippen molar-refractivity contribution in [2.75, 3.05) is 19.6 Å². The number of benzene rings is 2. The molecule has 2 bridgehead atoms. The first-order valence-electron chi connectivity index (χ1n) is 16.7. The van der Waals surface area contributed by atoms with Crippen molar-refractivity contribution >= 4 is 22.8 Å². The number of amides is 2. The van der Waals surface area contributed by atoms with Crippen molar-refractivity contribution in [3.8, 4) is 0 Å². The SMILES string of the molecule is CCC(CC)(NC(C)=O)C(=O)N1CCC(CCN2[C@@H]3CC[C@H]2C[C@@H](n2c(C)nc4ccccc42)C3)(c2cccc(F)c2)CC1. The van der Waals surface area contributed by atoms with Crippen LogP contribution in [-0.2, 0) is 15.0 Å². The first-order valence-corrected chi connectivity index (χ1v) is 16.7. The molecule has 236 valence electrons. The third kappa shape index (κ3) is 5.55. The molecule has 6 rings (SSSR count). The molecule has 0 saturated carbocycles. The van der Waals surface area contributed by atoms with E-state index in [0.29, 0.717) is 44.1 Å². The Hall–Kier alpha value is -3.26. The van der Waals surface area contributed by atoms with Crippen molar-refractivity contribution in [3.05, 3.63) is 65.7 Å². The molecule has 3 aliphatic heterocycles. The number of fused-ring (bicyclic) bond motifs is 3. The van der Waals surface area contributed by atoms with Crippen molar-refractivity contribution in [1.82, 2.24) is 24.7 Å². The fraction of sp³-hybridized carbons (Fsp3) is 0.583. The number of aryl methyl sites for hydroxylation is 1. The van der Waals surface area contributed by atoms with Crippen LogP contribution in [0.3, 0.4) is 0 Å². The van der Waals surface area contributed by atoms with Crippen molar-refractivity contribution in [2.45, 2.75) is 115 Å². The minimum atomic E-state index is -0.868. The molecule has 3 saturated heterocycles. The van der Waals surface area contributed by atoms with Gasteiger partial charge in [-0.3, -0.25) is 14.5 Å². The molecule has 3 fully saturated rings. The van der Waals surface area contributed by atoms with Gasteiger partial charge in [0.2, 0.25) is 11.8 Å². The van der Waals surface area contributed by atoms with E-state index in [4.69, 9.17) is 4.98 Å². The molecule has 3 atom stereocenters. The van der Waals surface area contributed by atoms with E-state index in [1.807, 2.05) is 24.8 Å². The van der Waals surface area contributed by atoms with E-state index < -0.39 is 5.54 Å². The number of aromatic nitrogens is 2. The van der Waals surface area contributed by atoms with Gasteiger partial charge in [-0.1, -0.05) is 38.1 Å². The number of hydrogen-bond donors (Lipinski definition) is 1. The Morgan fingerprint density at radius 3 is 2.32 bits per heavy atom. The van der Waals surface area contributed by atoms with Crippen molar-refractivity contribution in [3.63, 3.8) is 0 Å². The van der Waals surface area contributed by atoms with E-state index in [1.54, 1.807) is 6.07 Å². The van der Waals surface area contributed by atoms with E-state index in [0.717, 1.165) is 55.6 Å². The molecule has 0 aliphatic carbocycles. The Morgan fingerprint density at radius 1 is 1.00 bits per heavy atom. The molecule has 3 aromatic rings. The van der Waals surface area contributed by atoms with E-state index in [-0.39, 0.29) is 23.0 Å². The maximum Gasteiger partial charge on any atom is 0.248 e. The van der Waals surface area contributed by atoms with Gasteiger partial charge in [-0.15, -0.1) is 0 Å². The summed E-state index contributed by atoms with van der Waals surface area (Å²) in [5.41, 5.74) is 2.30. The second kappa shape index (κ2) is 12.3. The number of halogens is 1. The first-order chi connectivity index (χ1) is 21.2. The highest BCUT2D eigenvalue weighted by Crippen LogP contribution is 2.45. The molecule has 2 amide bonds. The fourth-order valence-electron chi connectivity index (χ4n) is 8.85. The Balaban J connectivity index is 1.18. The highest BCUT2D eigenvalue weighted by molar-refractivity contribution is 5.91. The number of nitrogens with zero attached hydrogens (tertiary/aromatic N) is 4. The summed E-state index contributed by atoms with van der Waals surface area (Å²) in [4.78, 5) is 35.3. The summed E-state index contributed by atoms with van der Waals surface area (Å²) < 4.78 is 17.1. The predicted molar refractivity (Wildman–Crippen MR) is 172 cm³/mol. The maximum atomic E-state index is 14.6. The van der Waals surface area contributed by atoms with E-state index in [9.17, 15) is 14.0 Å². The van der Waals surface area contributed by atoms with E-state index in [1.165, 1.54) is 31.3 Å². The third-order valence-electron chi connectivity index (χ3n) is 11.3. The molecule has 0 radical (unpaired) electrons. The topological polar surface area (TPSA) is 70.5 Å². The van der Waals surface area contributed by atoms with Crippen molar-refractivity contribution < 1.29 is 14.0 Å². The molecule has 8 heteroatoms. The lowest BCUT2D eigenvalue weighted by atomic mass is 9.70. The summed E-state index contributed by atoms with van der Waals surface area (Å²) >= 11 is 0. The molecule has 44 heavy (non-hydrogen) atoms. The summed E-state index contributed by atoms with van der Waals surface area (Å²) in [5.74, 6) is 0.728. The zero-order valence-corrected chi connectivity index (χ0v) is 26.8. The van der Waals surface area contributed by atoms with Gasteiger partial charge >= 0.3 is 0 Å². The average Bonchev–Trinajstić information content (AvgIpc) is 3.48. The number of piperidine rings is 2. The zero-order valence-electron chi connectivity index (χ0n) is 26.8. The molecule has 0 unspecified atom stereocenters. The van der Waals surface area contributed by atoms with Crippen LogP contribution in [-0.4, -0.2) is 68.4 Å². The van der Waals surface area contributed by atoms with Gasteiger partial charge in [0.25, 0.3) is 0 Å². The van der Waals surface area contributed by atoms with Crippen LogP contribution in [0.5, 0.6) is 0 Å². The van der Waals surface area contributed by atoms with Gasteiger partial charge in [-0.05, 0) is 106 Å². The van der Waals surface area contributed by atoms with Crippen LogP contribution in [0.4, 0.5) is 4.39 Å². The van der Waals surface area contributed by atoms with E-state index in [2.05, 4.69) is 52.0 Å². The van der Waals surface area contributed by atoms with Gasteiger partial charge in [-0.25, -0.2) is 9.37 Å².